The number of carbonyl (C=O) groups excluding carboxylic acids is 6. The highest BCUT2D eigenvalue weighted by molar-refractivity contribution is 6.38. The lowest BCUT2D eigenvalue weighted by Gasteiger charge is -2.35. The number of nitrogens with zero attached hydrogens (tertiary/aromatic N) is 1. The number of benzene rings is 2. The molecule has 3 atom stereocenters. The van der Waals surface area contributed by atoms with Gasteiger partial charge in [-0.2, -0.15) is 0 Å². The number of hydrogen-bond acceptors (Lipinski definition) is 11. The average Bonchev–Trinajstić information content (AvgIpc) is 3.78. The first-order valence-electron chi connectivity index (χ1n) is 22.9. The molecule has 14 nitrogen and oxygen atoms in total. The van der Waals surface area contributed by atoms with Crippen LogP contribution in [0.5, 0.6) is 0 Å². The molecule has 1 aliphatic heterocycles. The molecule has 5 rings (SSSR count). The number of alkyl carbamates (subject to hydrolysis) is 1. The third-order valence-corrected chi connectivity index (χ3v) is 12.3. The van der Waals surface area contributed by atoms with Crippen LogP contribution in [0.1, 0.15) is 117 Å². The Morgan fingerprint density at radius 1 is 0.708 bits per heavy atom. The molecule has 0 spiro atoms. The summed E-state index contributed by atoms with van der Waals surface area (Å²) in [6.45, 7) is 14.2. The van der Waals surface area contributed by atoms with Crippen molar-refractivity contribution in [2.75, 3.05) is 26.3 Å². The van der Waals surface area contributed by atoms with Gasteiger partial charge in [0.2, 0.25) is 5.91 Å². The van der Waals surface area contributed by atoms with E-state index in [1.165, 1.54) is 0 Å². The second kappa shape index (κ2) is 23.1. The lowest BCUT2D eigenvalue weighted by Crippen LogP contribution is -2.50. The topological polar surface area (TPSA) is 176 Å². The molecule has 1 saturated carbocycles. The zero-order valence-electron chi connectivity index (χ0n) is 39.1. The number of hydrogen-bond donors (Lipinski definition) is 2. The van der Waals surface area contributed by atoms with E-state index in [1.807, 2.05) is 34.6 Å². The van der Waals surface area contributed by atoms with Crippen molar-refractivity contribution < 1.29 is 52.5 Å². The van der Waals surface area contributed by atoms with Gasteiger partial charge in [-0.1, -0.05) is 67.6 Å². The number of nitrogens with one attached hydrogen (secondary N) is 2. The maximum absolute atomic E-state index is 13.9. The molecule has 1 fully saturated rings. The minimum atomic E-state index is -1.20. The van der Waals surface area contributed by atoms with Gasteiger partial charge in [-0.25, -0.2) is 14.4 Å². The summed E-state index contributed by atoms with van der Waals surface area (Å²) < 4.78 is 28.9. The van der Waals surface area contributed by atoms with Crippen molar-refractivity contribution in [3.63, 3.8) is 0 Å². The number of imide groups is 1. The summed E-state index contributed by atoms with van der Waals surface area (Å²) in [5.41, 5.74) is -2.41. The van der Waals surface area contributed by atoms with Crippen molar-refractivity contribution in [2.45, 2.75) is 142 Å². The Morgan fingerprint density at radius 2 is 1.22 bits per heavy atom. The van der Waals surface area contributed by atoms with Crippen LogP contribution in [-0.4, -0.2) is 89.8 Å². The molecule has 2 N–H and O–H groups in total. The molecule has 4 amide bonds. The zero-order valence-corrected chi connectivity index (χ0v) is 39.1. The molecule has 0 saturated heterocycles. The van der Waals surface area contributed by atoms with Crippen molar-refractivity contribution in [1.29, 1.82) is 0 Å². The Morgan fingerprint density at radius 3 is 1.75 bits per heavy atom. The molecule has 0 radical (unpaired) electrons. The van der Waals surface area contributed by atoms with Gasteiger partial charge >= 0.3 is 18.0 Å². The van der Waals surface area contributed by atoms with Crippen molar-refractivity contribution in [2.24, 2.45) is 17.8 Å². The van der Waals surface area contributed by atoms with Crippen molar-refractivity contribution in [1.82, 2.24) is 15.5 Å². The van der Waals surface area contributed by atoms with Crippen LogP contribution in [0.3, 0.4) is 0 Å². The largest absolute Gasteiger partial charge is 0.457 e. The average molecular weight is 898 g/mol. The number of esters is 2. The summed E-state index contributed by atoms with van der Waals surface area (Å²) in [4.78, 5) is 80.9. The molecule has 352 valence electrons. The smallest absolute Gasteiger partial charge is 0.407 e. The molecule has 14 heteroatoms. The minimum absolute atomic E-state index is 0.00313. The molecule has 0 bridgehead atoms. The fourth-order valence-corrected chi connectivity index (χ4v) is 7.94. The van der Waals surface area contributed by atoms with Crippen LogP contribution in [-0.2, 0) is 60.9 Å². The zero-order chi connectivity index (χ0) is 47.2. The molecule has 2 aliphatic carbocycles. The Labute approximate surface area is 383 Å². The van der Waals surface area contributed by atoms with Gasteiger partial charge in [-0.05, 0) is 97.1 Å². The number of carbonyl (C=O) groups is 6. The van der Waals surface area contributed by atoms with Gasteiger partial charge in [0.05, 0.1) is 11.2 Å². The molecule has 2 aromatic carbocycles. The maximum Gasteiger partial charge on any atom is 0.407 e. The van der Waals surface area contributed by atoms with E-state index < -0.39 is 51.6 Å². The van der Waals surface area contributed by atoms with Gasteiger partial charge in [0, 0.05) is 62.9 Å². The van der Waals surface area contributed by atoms with E-state index in [0.29, 0.717) is 55.5 Å². The quantitative estimate of drug-likeness (QED) is 0.0361. The molecule has 2 aromatic rings. The van der Waals surface area contributed by atoms with E-state index in [0.717, 1.165) is 37.0 Å². The van der Waals surface area contributed by atoms with E-state index in [4.69, 9.17) is 23.7 Å². The van der Waals surface area contributed by atoms with Gasteiger partial charge in [0.15, 0.2) is 0 Å². The summed E-state index contributed by atoms with van der Waals surface area (Å²) in [6, 6.07) is 17.7. The second-order valence-electron chi connectivity index (χ2n) is 19.1. The first-order chi connectivity index (χ1) is 30.9. The molecule has 1 heterocycles. The van der Waals surface area contributed by atoms with Crippen LogP contribution in [0.2, 0.25) is 0 Å². The van der Waals surface area contributed by atoms with Gasteiger partial charge in [-0.3, -0.25) is 19.3 Å². The van der Waals surface area contributed by atoms with Crippen molar-refractivity contribution in [3.05, 3.63) is 82.9 Å². The predicted octanol–water partition coefficient (Wildman–Crippen LogP) is 7.13. The first-order valence-corrected chi connectivity index (χ1v) is 22.9. The SMILES string of the molecule is CC(CCOC(C)(C)CCNC(=O)OC1C2CCC#CCCC21)CNC(=O)CCC(C)(C)OCCC(C)(C)N1C(=O)C(C(=O)OCc2ccccc2)=C(C(=O)OCc2ccccc2)C1=O. The van der Waals surface area contributed by atoms with E-state index in [9.17, 15) is 28.8 Å². The fourth-order valence-electron chi connectivity index (χ4n) is 7.94. The second-order valence-corrected chi connectivity index (χ2v) is 19.1. The number of fused-ring (bicyclic) bond motifs is 1. The van der Waals surface area contributed by atoms with Crippen molar-refractivity contribution in [3.8, 4) is 11.8 Å². The van der Waals surface area contributed by atoms with Crippen LogP contribution in [0.4, 0.5) is 4.79 Å². The highest BCUT2D eigenvalue weighted by Crippen LogP contribution is 2.48. The maximum atomic E-state index is 13.9. The summed E-state index contributed by atoms with van der Waals surface area (Å²) >= 11 is 0. The molecular formula is C51H67N3O11. The highest BCUT2D eigenvalue weighted by atomic mass is 16.6. The van der Waals surface area contributed by atoms with Crippen LogP contribution >= 0.6 is 0 Å². The van der Waals surface area contributed by atoms with Crippen LogP contribution in [0.15, 0.2) is 71.8 Å². The van der Waals surface area contributed by atoms with Gasteiger partial charge in [0.1, 0.15) is 30.5 Å². The van der Waals surface area contributed by atoms with E-state index >= 15 is 0 Å². The lowest BCUT2D eigenvalue weighted by molar-refractivity contribution is -0.148. The van der Waals surface area contributed by atoms with Crippen LogP contribution in [0.25, 0.3) is 0 Å². The lowest BCUT2D eigenvalue weighted by atomic mass is 9.97. The molecule has 3 unspecified atom stereocenters. The Balaban J connectivity index is 1.01. The van der Waals surface area contributed by atoms with E-state index in [2.05, 4.69) is 22.5 Å². The molecule has 0 aromatic heterocycles. The Kier molecular flexibility index (Phi) is 17.9. The fraction of sp³-hybridized carbons (Fsp3) is 0.569. The molecule has 65 heavy (non-hydrogen) atoms. The summed E-state index contributed by atoms with van der Waals surface area (Å²) in [5, 5.41) is 5.88. The number of amides is 4. The minimum Gasteiger partial charge on any atom is -0.457 e. The predicted molar refractivity (Wildman–Crippen MR) is 242 cm³/mol. The summed E-state index contributed by atoms with van der Waals surface area (Å²) in [7, 11) is 0. The standard InChI is InChI=1S/C51H67N3O11/c1-35(25-30-63-51(6,7)27-29-52-48(60)65-43-38-22-16-8-9-17-23-39(38)43)32-53-40(55)24-26-50(4,5)64-31-28-49(2,3)54-44(56)41(46(58)61-33-36-18-12-10-13-19-36)42(45(54)57)47(59)62-34-37-20-14-11-15-21-37/h10-15,18-21,35,38-39,43H,16-17,22-34H2,1-7H3,(H,52,60)(H,53,55). The Hall–Kier alpha value is -5.52. The van der Waals surface area contributed by atoms with Gasteiger partial charge < -0.3 is 34.3 Å². The third kappa shape index (κ3) is 15.3. The van der Waals surface area contributed by atoms with Gasteiger partial charge in [-0.15, -0.1) is 11.8 Å². The summed E-state index contributed by atoms with van der Waals surface area (Å²) in [5.74, 6) is 3.15. The van der Waals surface area contributed by atoms with Crippen molar-refractivity contribution >= 4 is 35.8 Å². The Bertz CT molecular complexity index is 1990. The highest BCUT2D eigenvalue weighted by Gasteiger charge is 2.53. The van der Waals surface area contributed by atoms with Gasteiger partial charge in [0.25, 0.3) is 11.8 Å². The summed E-state index contributed by atoms with van der Waals surface area (Å²) in [6.07, 6.45) is 5.48. The first kappa shape index (κ1) is 50.5. The number of ether oxygens (including phenoxy) is 5. The third-order valence-electron chi connectivity index (χ3n) is 12.3. The molecular weight excluding hydrogens is 831 g/mol. The molecule has 3 aliphatic rings. The van der Waals surface area contributed by atoms with E-state index in [1.54, 1.807) is 74.5 Å². The number of rotatable bonds is 24. The van der Waals surface area contributed by atoms with Crippen LogP contribution < -0.4 is 10.6 Å². The van der Waals surface area contributed by atoms with Crippen LogP contribution in [0, 0.1) is 29.6 Å². The van der Waals surface area contributed by atoms with E-state index in [-0.39, 0.29) is 56.7 Å². The monoisotopic (exact) mass is 897 g/mol. The normalized spacial score (nSPS) is 18.9.